The number of alkyl carbamates (subject to hydrolysis) is 1. The lowest BCUT2D eigenvalue weighted by Gasteiger charge is -2.74. The van der Waals surface area contributed by atoms with Crippen LogP contribution in [0.3, 0.4) is 0 Å². The number of amides is 1. The van der Waals surface area contributed by atoms with Crippen molar-refractivity contribution in [3.63, 3.8) is 0 Å². The van der Waals surface area contributed by atoms with Crippen molar-refractivity contribution in [2.45, 2.75) is 50.7 Å². The SMILES string of the molecule is CC(C)(C)OC(=O)NC12CC(CO)(C1)C2(F)F. The number of hydrogen-bond donors (Lipinski definition) is 2. The van der Waals surface area contributed by atoms with Crippen LogP contribution in [0.2, 0.25) is 0 Å². The van der Waals surface area contributed by atoms with E-state index >= 15 is 0 Å². The Morgan fingerprint density at radius 2 is 1.94 bits per heavy atom. The lowest BCUT2D eigenvalue weighted by Crippen LogP contribution is -2.90. The molecule has 98 valence electrons. The minimum Gasteiger partial charge on any atom is -0.444 e. The molecule has 2 bridgehead atoms. The first-order chi connectivity index (χ1) is 7.58. The van der Waals surface area contributed by atoms with Gasteiger partial charge in [0.05, 0.1) is 12.0 Å². The number of rotatable bonds is 2. The van der Waals surface area contributed by atoms with Gasteiger partial charge in [-0.1, -0.05) is 0 Å². The van der Waals surface area contributed by atoms with Gasteiger partial charge in [0, 0.05) is 0 Å². The van der Waals surface area contributed by atoms with Gasteiger partial charge in [0.1, 0.15) is 11.1 Å². The van der Waals surface area contributed by atoms with Crippen LogP contribution >= 0.6 is 0 Å². The van der Waals surface area contributed by atoms with Crippen molar-refractivity contribution in [1.29, 1.82) is 0 Å². The number of nitrogens with one attached hydrogen (secondary N) is 1. The van der Waals surface area contributed by atoms with Crippen LogP contribution in [0.1, 0.15) is 33.6 Å². The van der Waals surface area contributed by atoms with Crippen molar-refractivity contribution in [3.05, 3.63) is 0 Å². The Balaban J connectivity index is 1.97. The van der Waals surface area contributed by atoms with Crippen molar-refractivity contribution in [2.75, 3.05) is 6.61 Å². The molecule has 3 fully saturated rings. The van der Waals surface area contributed by atoms with E-state index < -0.39 is 35.2 Å². The lowest BCUT2D eigenvalue weighted by molar-refractivity contribution is -0.379. The molecule has 0 radical (unpaired) electrons. The molecule has 0 heterocycles. The number of hydrogen-bond acceptors (Lipinski definition) is 3. The molecule has 0 aliphatic heterocycles. The van der Waals surface area contributed by atoms with Crippen LogP contribution < -0.4 is 5.32 Å². The number of alkyl halides is 2. The van der Waals surface area contributed by atoms with Crippen LogP contribution in [0.25, 0.3) is 0 Å². The molecule has 17 heavy (non-hydrogen) atoms. The fourth-order valence-corrected chi connectivity index (χ4v) is 2.72. The maximum absolute atomic E-state index is 13.7. The topological polar surface area (TPSA) is 58.6 Å². The van der Waals surface area contributed by atoms with E-state index in [9.17, 15) is 13.6 Å². The predicted molar refractivity (Wildman–Crippen MR) is 55.8 cm³/mol. The molecule has 0 aromatic rings. The summed E-state index contributed by atoms with van der Waals surface area (Å²) in [5.41, 5.74) is -3.53. The molecule has 3 aliphatic carbocycles. The zero-order valence-corrected chi connectivity index (χ0v) is 10.1. The third-order valence-electron chi connectivity index (χ3n) is 3.59. The lowest BCUT2D eigenvalue weighted by atomic mass is 9.36. The number of carbonyl (C=O) groups is 1. The van der Waals surface area contributed by atoms with Gasteiger partial charge in [0.15, 0.2) is 0 Å². The minimum absolute atomic E-state index is 0.114. The number of aliphatic hydroxyl groups is 1. The molecule has 1 amide bonds. The van der Waals surface area contributed by atoms with Crippen LogP contribution in [-0.2, 0) is 4.74 Å². The fourth-order valence-electron chi connectivity index (χ4n) is 2.72. The van der Waals surface area contributed by atoms with Gasteiger partial charge < -0.3 is 15.2 Å². The van der Waals surface area contributed by atoms with E-state index in [4.69, 9.17) is 9.84 Å². The largest absolute Gasteiger partial charge is 0.444 e. The van der Waals surface area contributed by atoms with E-state index in [0.29, 0.717) is 0 Å². The zero-order valence-electron chi connectivity index (χ0n) is 10.1. The van der Waals surface area contributed by atoms with E-state index in [1.807, 2.05) is 0 Å². The maximum Gasteiger partial charge on any atom is 0.408 e. The van der Waals surface area contributed by atoms with Crippen molar-refractivity contribution in [3.8, 4) is 0 Å². The summed E-state index contributed by atoms with van der Waals surface area (Å²) in [6.45, 7) is 4.46. The highest BCUT2D eigenvalue weighted by Crippen LogP contribution is 2.75. The molecule has 0 atom stereocenters. The van der Waals surface area contributed by atoms with Gasteiger partial charge in [-0.3, -0.25) is 0 Å². The molecule has 3 saturated carbocycles. The normalized spacial score (nSPS) is 37.8. The summed E-state index contributed by atoms with van der Waals surface area (Å²) < 4.78 is 32.3. The van der Waals surface area contributed by atoms with Gasteiger partial charge in [0.25, 0.3) is 5.92 Å². The van der Waals surface area contributed by atoms with E-state index in [2.05, 4.69) is 5.32 Å². The monoisotopic (exact) mass is 249 g/mol. The highest BCUT2D eigenvalue weighted by Gasteiger charge is 2.89. The summed E-state index contributed by atoms with van der Waals surface area (Å²) in [7, 11) is 0. The first-order valence-electron chi connectivity index (χ1n) is 5.57. The molecule has 0 aromatic heterocycles. The summed E-state index contributed by atoms with van der Waals surface area (Å²) in [6, 6.07) is 0. The highest BCUT2D eigenvalue weighted by atomic mass is 19.3. The maximum atomic E-state index is 13.7. The van der Waals surface area contributed by atoms with Gasteiger partial charge in [-0.25, -0.2) is 13.6 Å². The van der Waals surface area contributed by atoms with Crippen molar-refractivity contribution < 1.29 is 23.4 Å². The summed E-state index contributed by atoms with van der Waals surface area (Å²) >= 11 is 0. The highest BCUT2D eigenvalue weighted by molar-refractivity contribution is 5.70. The molecule has 2 N–H and O–H groups in total. The number of halogens is 2. The molecule has 6 heteroatoms. The molecule has 0 spiro atoms. The molecule has 0 unspecified atom stereocenters. The quantitative estimate of drug-likeness (QED) is 0.782. The molecule has 3 rings (SSSR count). The number of aliphatic hydroxyl groups excluding tert-OH is 1. The van der Waals surface area contributed by atoms with E-state index in [0.717, 1.165) is 0 Å². The summed E-state index contributed by atoms with van der Waals surface area (Å²) in [6.07, 6.45) is -0.603. The first kappa shape index (κ1) is 12.5. The Morgan fingerprint density at radius 1 is 1.41 bits per heavy atom. The average molecular weight is 249 g/mol. The van der Waals surface area contributed by atoms with Gasteiger partial charge in [-0.2, -0.15) is 0 Å². The summed E-state index contributed by atoms with van der Waals surface area (Å²) in [4.78, 5) is 11.4. The van der Waals surface area contributed by atoms with Crippen molar-refractivity contribution >= 4 is 6.09 Å². The van der Waals surface area contributed by atoms with Crippen molar-refractivity contribution in [1.82, 2.24) is 5.32 Å². The van der Waals surface area contributed by atoms with Crippen LogP contribution in [0.5, 0.6) is 0 Å². The Hall–Kier alpha value is -0.910. The zero-order chi connectivity index (χ0) is 13.1. The smallest absolute Gasteiger partial charge is 0.408 e. The first-order valence-corrected chi connectivity index (χ1v) is 5.57. The third kappa shape index (κ3) is 1.46. The van der Waals surface area contributed by atoms with Crippen LogP contribution in [-0.4, -0.2) is 34.9 Å². The van der Waals surface area contributed by atoms with Crippen LogP contribution in [0, 0.1) is 5.41 Å². The minimum atomic E-state index is -3.04. The number of ether oxygens (including phenoxy) is 1. The molecule has 0 saturated heterocycles. The molecule has 4 nitrogen and oxygen atoms in total. The van der Waals surface area contributed by atoms with Gasteiger partial charge in [0.2, 0.25) is 0 Å². The predicted octanol–water partition coefficient (Wildman–Crippen LogP) is 1.67. The van der Waals surface area contributed by atoms with E-state index in [-0.39, 0.29) is 12.8 Å². The third-order valence-corrected chi connectivity index (χ3v) is 3.59. The molecule has 0 aromatic carbocycles. The fraction of sp³-hybridized carbons (Fsp3) is 0.909. The molecular formula is C11H17F2NO3. The Kier molecular flexibility index (Phi) is 2.29. The molecule has 3 aliphatic rings. The summed E-state index contributed by atoms with van der Waals surface area (Å²) in [5, 5.41) is 11.2. The van der Waals surface area contributed by atoms with Gasteiger partial charge in [-0.05, 0) is 33.6 Å². The Morgan fingerprint density at radius 3 is 2.29 bits per heavy atom. The van der Waals surface area contributed by atoms with Crippen LogP contribution in [0.4, 0.5) is 13.6 Å². The summed E-state index contributed by atoms with van der Waals surface area (Å²) in [5.74, 6) is -3.04. The van der Waals surface area contributed by atoms with Crippen molar-refractivity contribution in [2.24, 2.45) is 5.41 Å². The van der Waals surface area contributed by atoms with Gasteiger partial charge in [-0.15, -0.1) is 0 Å². The second-order valence-electron chi connectivity index (χ2n) is 6.08. The Labute approximate surface area is 98.3 Å². The van der Waals surface area contributed by atoms with Crippen LogP contribution in [0.15, 0.2) is 0 Å². The van der Waals surface area contributed by atoms with Gasteiger partial charge >= 0.3 is 6.09 Å². The second kappa shape index (κ2) is 3.10. The number of carbonyl (C=O) groups excluding carboxylic acids is 1. The standard InChI is InChI=1S/C11H17F2NO3/c1-8(2,3)17-7(16)14-10-4-9(5-10,6-15)11(10,12)13/h15H,4-6H2,1-3H3,(H,14,16). The van der Waals surface area contributed by atoms with E-state index in [1.165, 1.54) is 0 Å². The second-order valence-corrected chi connectivity index (χ2v) is 6.08. The molecular weight excluding hydrogens is 232 g/mol. The Bertz CT molecular complexity index is 356. The average Bonchev–Trinajstić information content (AvgIpc) is 2.07. The van der Waals surface area contributed by atoms with E-state index in [1.54, 1.807) is 20.8 Å².